The first-order valence-corrected chi connectivity index (χ1v) is 11.6. The molecule has 0 aromatic heterocycles. The number of halogens is 3. The summed E-state index contributed by atoms with van der Waals surface area (Å²) in [5, 5.41) is 3.49. The van der Waals surface area contributed by atoms with Crippen LogP contribution in [0.5, 0.6) is 0 Å². The number of sulfonamides is 1. The third kappa shape index (κ3) is 6.65. The van der Waals surface area contributed by atoms with Gasteiger partial charge in [0.05, 0.1) is 17.8 Å². The SMILES string of the molecule is O=C(CN1CCCN(S(=O)(=O)/C=C/c2ccccc2)CC1)Nc1ccccc1C(F)(F)F. The maximum Gasteiger partial charge on any atom is 0.418 e. The molecule has 0 aliphatic carbocycles. The third-order valence-corrected chi connectivity index (χ3v) is 6.58. The number of rotatable bonds is 6. The molecule has 2 aromatic carbocycles. The van der Waals surface area contributed by atoms with E-state index in [4.69, 9.17) is 0 Å². The zero-order chi connectivity index (χ0) is 23.2. The predicted molar refractivity (Wildman–Crippen MR) is 117 cm³/mol. The summed E-state index contributed by atoms with van der Waals surface area (Å²) in [6.45, 7) is 1.12. The molecule has 172 valence electrons. The second-order valence-corrected chi connectivity index (χ2v) is 9.20. The molecule has 0 spiro atoms. The van der Waals surface area contributed by atoms with Crippen LogP contribution in [0.1, 0.15) is 17.5 Å². The first kappa shape index (κ1) is 24.0. The van der Waals surface area contributed by atoms with Crippen molar-refractivity contribution in [1.82, 2.24) is 9.21 Å². The number of nitrogens with zero attached hydrogens (tertiary/aromatic N) is 2. The lowest BCUT2D eigenvalue weighted by Gasteiger charge is -2.21. The lowest BCUT2D eigenvalue weighted by molar-refractivity contribution is -0.137. The van der Waals surface area contributed by atoms with Crippen LogP contribution in [-0.2, 0) is 21.0 Å². The number of hydrogen-bond donors (Lipinski definition) is 1. The lowest BCUT2D eigenvalue weighted by atomic mass is 10.1. The molecular weight excluding hydrogens is 443 g/mol. The molecular formula is C22H24F3N3O3S. The Morgan fingerprint density at radius 1 is 0.969 bits per heavy atom. The van der Waals surface area contributed by atoms with Crippen molar-refractivity contribution >= 4 is 27.7 Å². The van der Waals surface area contributed by atoms with Crippen molar-refractivity contribution in [3.8, 4) is 0 Å². The van der Waals surface area contributed by atoms with Gasteiger partial charge >= 0.3 is 6.18 Å². The highest BCUT2D eigenvalue weighted by atomic mass is 32.2. The van der Waals surface area contributed by atoms with Gasteiger partial charge in [-0.1, -0.05) is 42.5 Å². The minimum atomic E-state index is -4.57. The van der Waals surface area contributed by atoms with Crippen LogP contribution in [0.3, 0.4) is 0 Å². The molecule has 0 unspecified atom stereocenters. The lowest BCUT2D eigenvalue weighted by Crippen LogP contribution is -2.37. The molecule has 0 saturated carbocycles. The van der Waals surface area contributed by atoms with E-state index >= 15 is 0 Å². The van der Waals surface area contributed by atoms with Gasteiger partial charge < -0.3 is 5.32 Å². The molecule has 32 heavy (non-hydrogen) atoms. The number of carbonyl (C=O) groups is 1. The average Bonchev–Trinajstić information content (AvgIpc) is 2.99. The Balaban J connectivity index is 1.58. The van der Waals surface area contributed by atoms with Crippen molar-refractivity contribution < 1.29 is 26.4 Å². The number of amides is 1. The maximum absolute atomic E-state index is 13.1. The number of benzene rings is 2. The minimum absolute atomic E-state index is 0.125. The Kier molecular flexibility index (Phi) is 7.70. The van der Waals surface area contributed by atoms with Gasteiger partial charge in [0.15, 0.2) is 0 Å². The summed E-state index contributed by atoms with van der Waals surface area (Å²) in [6.07, 6.45) is -2.54. The molecule has 0 bridgehead atoms. The highest BCUT2D eigenvalue weighted by molar-refractivity contribution is 7.92. The monoisotopic (exact) mass is 467 g/mol. The minimum Gasteiger partial charge on any atom is -0.324 e. The molecule has 2 aromatic rings. The number of anilines is 1. The molecule has 1 aliphatic heterocycles. The zero-order valence-electron chi connectivity index (χ0n) is 17.3. The molecule has 1 fully saturated rings. The molecule has 1 amide bonds. The summed E-state index contributed by atoms with van der Waals surface area (Å²) >= 11 is 0. The van der Waals surface area contributed by atoms with E-state index in [9.17, 15) is 26.4 Å². The fourth-order valence-corrected chi connectivity index (χ4v) is 4.63. The van der Waals surface area contributed by atoms with Crippen LogP contribution in [-0.4, -0.2) is 56.3 Å². The van der Waals surface area contributed by atoms with Crippen LogP contribution >= 0.6 is 0 Å². The topological polar surface area (TPSA) is 69.7 Å². The smallest absolute Gasteiger partial charge is 0.324 e. The molecule has 3 rings (SSSR count). The molecule has 1 heterocycles. The summed E-state index contributed by atoms with van der Waals surface area (Å²) in [4.78, 5) is 14.1. The summed E-state index contributed by atoms with van der Waals surface area (Å²) in [7, 11) is -3.63. The molecule has 10 heteroatoms. The largest absolute Gasteiger partial charge is 0.418 e. The van der Waals surface area contributed by atoms with E-state index in [-0.39, 0.29) is 18.8 Å². The fourth-order valence-electron chi connectivity index (χ4n) is 3.41. The Hall–Kier alpha value is -2.69. The summed E-state index contributed by atoms with van der Waals surface area (Å²) in [5.74, 6) is -0.581. The van der Waals surface area contributed by atoms with Gasteiger partial charge in [0.1, 0.15) is 0 Å². The molecule has 6 nitrogen and oxygen atoms in total. The van der Waals surface area contributed by atoms with Gasteiger partial charge in [0.25, 0.3) is 0 Å². The van der Waals surface area contributed by atoms with Crippen molar-refractivity contribution in [1.29, 1.82) is 0 Å². The second-order valence-electron chi connectivity index (χ2n) is 7.38. The van der Waals surface area contributed by atoms with Crippen molar-refractivity contribution in [2.75, 3.05) is 38.0 Å². The number of nitrogens with one attached hydrogen (secondary N) is 1. The average molecular weight is 468 g/mol. The summed E-state index contributed by atoms with van der Waals surface area (Å²) in [5.41, 5.74) is -0.440. The summed E-state index contributed by atoms with van der Waals surface area (Å²) in [6, 6.07) is 13.9. The van der Waals surface area contributed by atoms with Crippen molar-refractivity contribution in [3.05, 3.63) is 71.1 Å². The van der Waals surface area contributed by atoms with Crippen molar-refractivity contribution in [3.63, 3.8) is 0 Å². The number of hydrogen-bond acceptors (Lipinski definition) is 4. The first-order valence-electron chi connectivity index (χ1n) is 10.1. The van der Waals surface area contributed by atoms with Crippen LogP contribution in [0.25, 0.3) is 6.08 Å². The van der Waals surface area contributed by atoms with Crippen LogP contribution < -0.4 is 5.32 Å². The van der Waals surface area contributed by atoms with Crippen LogP contribution in [0.4, 0.5) is 18.9 Å². The van der Waals surface area contributed by atoms with Crippen LogP contribution in [0.15, 0.2) is 60.0 Å². The van der Waals surface area contributed by atoms with E-state index in [1.165, 1.54) is 34.0 Å². The Labute approximate surface area is 185 Å². The molecule has 0 radical (unpaired) electrons. The highest BCUT2D eigenvalue weighted by Gasteiger charge is 2.33. The summed E-state index contributed by atoms with van der Waals surface area (Å²) < 4.78 is 66.0. The normalized spacial score (nSPS) is 16.7. The number of para-hydroxylation sites is 1. The van der Waals surface area contributed by atoms with Gasteiger partial charge in [-0.2, -0.15) is 17.5 Å². The third-order valence-electron chi connectivity index (χ3n) is 5.01. The standard InChI is InChI=1S/C22H24F3N3O3S/c23-22(24,25)19-9-4-5-10-20(19)26-21(29)17-27-12-6-13-28(15-14-27)32(30,31)16-11-18-7-2-1-3-8-18/h1-5,7-11,16H,6,12-15,17H2,(H,26,29)/b16-11+. The molecule has 1 N–H and O–H groups in total. The van der Waals surface area contributed by atoms with Gasteiger partial charge in [-0.3, -0.25) is 9.69 Å². The van der Waals surface area contributed by atoms with Gasteiger partial charge in [0, 0.05) is 25.0 Å². The zero-order valence-corrected chi connectivity index (χ0v) is 18.1. The first-order chi connectivity index (χ1) is 15.1. The predicted octanol–water partition coefficient (Wildman–Crippen LogP) is 3.65. The van der Waals surface area contributed by atoms with Gasteiger partial charge in [-0.15, -0.1) is 0 Å². The Morgan fingerprint density at radius 3 is 2.38 bits per heavy atom. The molecule has 0 atom stereocenters. The van der Waals surface area contributed by atoms with E-state index in [0.29, 0.717) is 26.1 Å². The van der Waals surface area contributed by atoms with Gasteiger partial charge in [0.2, 0.25) is 15.9 Å². The maximum atomic E-state index is 13.1. The fraction of sp³-hybridized carbons (Fsp3) is 0.318. The Morgan fingerprint density at radius 2 is 1.66 bits per heavy atom. The highest BCUT2D eigenvalue weighted by Crippen LogP contribution is 2.34. The van der Waals surface area contributed by atoms with Crippen molar-refractivity contribution in [2.24, 2.45) is 0 Å². The van der Waals surface area contributed by atoms with Gasteiger partial charge in [-0.25, -0.2) is 8.42 Å². The quantitative estimate of drug-likeness (QED) is 0.704. The number of alkyl halides is 3. The van der Waals surface area contributed by atoms with Crippen molar-refractivity contribution in [2.45, 2.75) is 12.6 Å². The van der Waals surface area contributed by atoms with E-state index in [0.717, 1.165) is 11.6 Å². The van der Waals surface area contributed by atoms with Crippen LogP contribution in [0, 0.1) is 0 Å². The van der Waals surface area contributed by atoms with E-state index in [1.54, 1.807) is 17.0 Å². The Bertz CT molecular complexity index is 1060. The number of carbonyl (C=O) groups excluding carboxylic acids is 1. The van der Waals surface area contributed by atoms with E-state index in [2.05, 4.69) is 5.32 Å². The molecule has 1 saturated heterocycles. The molecule has 1 aliphatic rings. The van der Waals surface area contributed by atoms with E-state index < -0.39 is 27.7 Å². The van der Waals surface area contributed by atoms with Gasteiger partial charge in [-0.05, 0) is 36.7 Å². The van der Waals surface area contributed by atoms with E-state index in [1.807, 2.05) is 18.2 Å². The second kappa shape index (κ2) is 10.3. The van der Waals surface area contributed by atoms with Crippen LogP contribution in [0.2, 0.25) is 0 Å².